The van der Waals surface area contributed by atoms with Crippen LogP contribution in [0.25, 0.3) is 11.0 Å². The van der Waals surface area contributed by atoms with Gasteiger partial charge in [0.05, 0.1) is 0 Å². The molecule has 0 aliphatic carbocycles. The zero-order valence-corrected chi connectivity index (χ0v) is 14.8. The Kier molecular flexibility index (Phi) is 3.76. The van der Waals surface area contributed by atoms with Crippen molar-refractivity contribution >= 4 is 16.9 Å². The van der Waals surface area contributed by atoms with E-state index in [0.717, 1.165) is 56.8 Å². The smallest absolute Gasteiger partial charge is 0.226 e. The van der Waals surface area contributed by atoms with E-state index in [-0.39, 0.29) is 5.92 Å². The SMILES string of the molecule is O=C(C1CCn2ccnc2C1)N1CCC(c2c[nH]c3ncccc23)CC1. The van der Waals surface area contributed by atoms with Gasteiger partial charge in [-0.3, -0.25) is 4.79 Å². The first-order valence-electron chi connectivity index (χ1n) is 9.50. The van der Waals surface area contributed by atoms with E-state index in [4.69, 9.17) is 0 Å². The molecule has 0 saturated carbocycles. The second-order valence-electron chi connectivity index (χ2n) is 7.47. The van der Waals surface area contributed by atoms with Crippen LogP contribution in [0.15, 0.2) is 36.9 Å². The number of aromatic nitrogens is 4. The summed E-state index contributed by atoms with van der Waals surface area (Å²) < 4.78 is 2.17. The van der Waals surface area contributed by atoms with Crippen LogP contribution in [0, 0.1) is 5.92 Å². The van der Waals surface area contributed by atoms with Crippen LogP contribution in [0.2, 0.25) is 0 Å². The molecular formula is C20H23N5O. The predicted molar refractivity (Wildman–Crippen MR) is 98.7 cm³/mol. The number of rotatable bonds is 2. The first-order valence-corrected chi connectivity index (χ1v) is 9.50. The van der Waals surface area contributed by atoms with Gasteiger partial charge >= 0.3 is 0 Å². The second-order valence-corrected chi connectivity index (χ2v) is 7.47. The molecule has 1 unspecified atom stereocenters. The average molecular weight is 349 g/mol. The van der Waals surface area contributed by atoms with E-state index < -0.39 is 0 Å². The van der Waals surface area contributed by atoms with Crippen LogP contribution < -0.4 is 0 Å². The van der Waals surface area contributed by atoms with Gasteiger partial charge in [0.25, 0.3) is 0 Å². The number of fused-ring (bicyclic) bond motifs is 2. The summed E-state index contributed by atoms with van der Waals surface area (Å²) in [7, 11) is 0. The summed E-state index contributed by atoms with van der Waals surface area (Å²) in [5, 5.41) is 1.22. The van der Waals surface area contributed by atoms with E-state index in [0.29, 0.717) is 11.8 Å². The van der Waals surface area contributed by atoms with E-state index in [9.17, 15) is 4.79 Å². The standard InChI is InChI=1S/C20H23N5O/c26-20(15-5-8-24-11-7-21-18(24)12-15)25-9-3-14(4-10-25)17-13-23-19-16(17)2-1-6-22-19/h1-2,6-7,11,13-15H,3-5,8-10,12H2,(H,22,23). The van der Waals surface area contributed by atoms with Gasteiger partial charge in [0.15, 0.2) is 0 Å². The van der Waals surface area contributed by atoms with Crippen molar-refractivity contribution in [2.75, 3.05) is 13.1 Å². The van der Waals surface area contributed by atoms with Gasteiger partial charge in [-0.1, -0.05) is 0 Å². The Morgan fingerprint density at radius 1 is 1.12 bits per heavy atom. The minimum atomic E-state index is 0.0961. The van der Waals surface area contributed by atoms with Crippen molar-refractivity contribution in [2.24, 2.45) is 5.92 Å². The summed E-state index contributed by atoms with van der Waals surface area (Å²) in [5.41, 5.74) is 2.30. The van der Waals surface area contributed by atoms with Crippen molar-refractivity contribution in [3.8, 4) is 0 Å². The number of aromatic amines is 1. The normalized spacial score (nSPS) is 21.1. The topological polar surface area (TPSA) is 66.8 Å². The molecule has 1 N–H and O–H groups in total. The van der Waals surface area contributed by atoms with Gasteiger partial charge in [0.2, 0.25) is 5.91 Å². The summed E-state index contributed by atoms with van der Waals surface area (Å²) in [6, 6.07) is 4.13. The Morgan fingerprint density at radius 2 is 2.00 bits per heavy atom. The summed E-state index contributed by atoms with van der Waals surface area (Å²) in [6.45, 7) is 2.60. The fraction of sp³-hybridized carbons (Fsp3) is 0.450. The molecule has 0 bridgehead atoms. The minimum Gasteiger partial charge on any atom is -0.346 e. The summed E-state index contributed by atoms with van der Waals surface area (Å²) in [4.78, 5) is 27.1. The molecule has 1 fully saturated rings. The van der Waals surface area contributed by atoms with Crippen molar-refractivity contribution in [1.82, 2.24) is 24.4 Å². The molecule has 134 valence electrons. The van der Waals surface area contributed by atoms with Crippen LogP contribution in [-0.2, 0) is 17.8 Å². The van der Waals surface area contributed by atoms with Crippen LogP contribution >= 0.6 is 0 Å². The lowest BCUT2D eigenvalue weighted by molar-refractivity contribution is -0.137. The maximum Gasteiger partial charge on any atom is 0.226 e. The van der Waals surface area contributed by atoms with Crippen LogP contribution in [0.1, 0.15) is 36.6 Å². The maximum absolute atomic E-state index is 13.0. The van der Waals surface area contributed by atoms with Crippen LogP contribution in [0.5, 0.6) is 0 Å². The molecule has 6 nitrogen and oxygen atoms in total. The Balaban J connectivity index is 1.25. The molecule has 26 heavy (non-hydrogen) atoms. The monoisotopic (exact) mass is 349 g/mol. The number of pyridine rings is 1. The summed E-state index contributed by atoms with van der Waals surface area (Å²) in [5.74, 6) is 1.97. The predicted octanol–water partition coefficient (Wildman–Crippen LogP) is 2.73. The summed E-state index contributed by atoms with van der Waals surface area (Å²) >= 11 is 0. The Morgan fingerprint density at radius 3 is 2.88 bits per heavy atom. The number of amides is 1. The lowest BCUT2D eigenvalue weighted by Crippen LogP contribution is -2.43. The van der Waals surface area contributed by atoms with E-state index in [1.807, 2.05) is 24.7 Å². The number of aryl methyl sites for hydroxylation is 1. The molecule has 1 saturated heterocycles. The zero-order chi connectivity index (χ0) is 17.5. The number of carbonyl (C=O) groups excluding carboxylic acids is 1. The quantitative estimate of drug-likeness (QED) is 0.773. The van der Waals surface area contributed by atoms with Crippen LogP contribution in [-0.4, -0.2) is 43.4 Å². The van der Waals surface area contributed by atoms with Crippen LogP contribution in [0.3, 0.4) is 0 Å². The van der Waals surface area contributed by atoms with Crippen molar-refractivity contribution in [3.05, 3.63) is 48.3 Å². The molecule has 1 amide bonds. The number of H-pyrrole nitrogens is 1. The molecule has 3 aromatic heterocycles. The highest BCUT2D eigenvalue weighted by Gasteiger charge is 2.32. The lowest BCUT2D eigenvalue weighted by Gasteiger charge is -2.35. The number of carbonyl (C=O) groups is 1. The molecule has 0 aromatic carbocycles. The molecule has 2 aliphatic rings. The fourth-order valence-corrected chi connectivity index (χ4v) is 4.55. The third-order valence-electron chi connectivity index (χ3n) is 6.03. The first kappa shape index (κ1) is 15.6. The molecule has 1 atom stereocenters. The van der Waals surface area contributed by atoms with E-state index in [1.54, 1.807) is 0 Å². The number of imidazole rings is 1. The number of hydrogen-bond donors (Lipinski definition) is 1. The third-order valence-corrected chi connectivity index (χ3v) is 6.03. The van der Waals surface area contributed by atoms with Gasteiger partial charge in [-0.05, 0) is 42.9 Å². The molecule has 0 radical (unpaired) electrons. The van der Waals surface area contributed by atoms with Gasteiger partial charge in [-0.2, -0.15) is 0 Å². The average Bonchev–Trinajstić information content (AvgIpc) is 3.34. The molecular weight excluding hydrogens is 326 g/mol. The van der Waals surface area contributed by atoms with Gasteiger partial charge < -0.3 is 14.5 Å². The fourth-order valence-electron chi connectivity index (χ4n) is 4.55. The summed E-state index contributed by atoms with van der Waals surface area (Å²) in [6.07, 6.45) is 11.5. The van der Waals surface area contributed by atoms with E-state index in [1.165, 1.54) is 10.9 Å². The molecule has 2 aliphatic heterocycles. The third kappa shape index (κ3) is 2.60. The van der Waals surface area contributed by atoms with Crippen LogP contribution in [0.4, 0.5) is 0 Å². The van der Waals surface area contributed by atoms with Crippen molar-refractivity contribution in [2.45, 2.75) is 38.1 Å². The van der Waals surface area contributed by atoms with Gasteiger partial charge in [0.1, 0.15) is 11.5 Å². The largest absolute Gasteiger partial charge is 0.346 e. The lowest BCUT2D eigenvalue weighted by atomic mass is 9.88. The van der Waals surface area contributed by atoms with E-state index >= 15 is 0 Å². The van der Waals surface area contributed by atoms with E-state index in [2.05, 4.69) is 36.7 Å². The van der Waals surface area contributed by atoms with Crippen molar-refractivity contribution < 1.29 is 4.79 Å². The molecule has 6 heteroatoms. The number of nitrogens with one attached hydrogen (secondary N) is 1. The molecule has 5 heterocycles. The first-order chi connectivity index (χ1) is 12.8. The molecule has 5 rings (SSSR count). The van der Waals surface area contributed by atoms with Gasteiger partial charge in [-0.25, -0.2) is 9.97 Å². The number of nitrogens with zero attached hydrogens (tertiary/aromatic N) is 4. The van der Waals surface area contributed by atoms with Gasteiger partial charge in [0, 0.05) is 62.1 Å². The van der Waals surface area contributed by atoms with Crippen molar-refractivity contribution in [3.63, 3.8) is 0 Å². The molecule has 0 spiro atoms. The highest BCUT2D eigenvalue weighted by atomic mass is 16.2. The Hall–Kier alpha value is -2.63. The highest BCUT2D eigenvalue weighted by molar-refractivity contribution is 5.81. The number of hydrogen-bond acceptors (Lipinski definition) is 3. The minimum absolute atomic E-state index is 0.0961. The van der Waals surface area contributed by atoms with Gasteiger partial charge in [-0.15, -0.1) is 0 Å². The Labute approximate surface area is 152 Å². The van der Waals surface area contributed by atoms with Crippen molar-refractivity contribution in [1.29, 1.82) is 0 Å². The highest BCUT2D eigenvalue weighted by Crippen LogP contribution is 2.33. The maximum atomic E-state index is 13.0. The number of piperidine rings is 1. The number of likely N-dealkylation sites (tertiary alicyclic amines) is 1. The molecule has 3 aromatic rings. The zero-order valence-electron chi connectivity index (χ0n) is 14.8. The Bertz CT molecular complexity index is 934. The second kappa shape index (κ2) is 6.27.